The molecule has 3 aliphatic rings. The number of hydrogen-bond acceptors (Lipinski definition) is 11. The van der Waals surface area contributed by atoms with Crippen molar-refractivity contribution < 1.29 is 38.8 Å². The number of rotatable bonds is 18. The smallest absolute Gasteiger partial charge is 0.408 e. The van der Waals surface area contributed by atoms with E-state index in [0.29, 0.717) is 47.6 Å². The number of aromatic nitrogens is 1. The molecule has 62 heavy (non-hydrogen) atoms. The van der Waals surface area contributed by atoms with Gasteiger partial charge in [-0.2, -0.15) is 0 Å². The molecule has 5 aromatic rings. The first kappa shape index (κ1) is 43.9. The number of alkyl carbamates (subject to hydrolysis) is 1. The zero-order valence-corrected chi connectivity index (χ0v) is 35.1. The number of carbonyl (C=O) groups is 3. The number of esters is 1. The summed E-state index contributed by atoms with van der Waals surface area (Å²) in [5.41, 5.74) is 2.20. The Morgan fingerprint density at radius 1 is 0.903 bits per heavy atom. The van der Waals surface area contributed by atoms with Crippen LogP contribution in [0.4, 0.5) is 4.79 Å². The number of aliphatic hydroxyl groups is 1. The third-order valence-corrected chi connectivity index (χ3v) is 11.6. The van der Waals surface area contributed by atoms with Crippen LogP contribution in [0.5, 0.6) is 11.5 Å². The lowest BCUT2D eigenvalue weighted by Crippen LogP contribution is -2.52. The number of phenols is 1. The number of aromatic amines is 1. The topological polar surface area (TPSA) is 192 Å². The maximum atomic E-state index is 13.2. The predicted molar refractivity (Wildman–Crippen MR) is 234 cm³/mol. The first-order chi connectivity index (χ1) is 29.9. The largest absolute Gasteiger partial charge is 0.506 e. The highest BCUT2D eigenvalue weighted by molar-refractivity contribution is 5.98. The van der Waals surface area contributed by atoms with Crippen molar-refractivity contribution in [1.29, 1.82) is 0 Å². The second-order valence-electron chi connectivity index (χ2n) is 16.6. The normalized spacial score (nSPS) is 18.1. The molecule has 2 amide bonds. The lowest BCUT2D eigenvalue weighted by Gasteiger charge is -2.43. The molecule has 4 aromatic carbocycles. The summed E-state index contributed by atoms with van der Waals surface area (Å²) in [4.78, 5) is 56.0. The summed E-state index contributed by atoms with van der Waals surface area (Å²) in [6, 6.07) is 29.9. The molecule has 2 unspecified atom stereocenters. The van der Waals surface area contributed by atoms with Crippen molar-refractivity contribution in [2.75, 3.05) is 39.3 Å². The number of aliphatic hydroxyl groups excluding tert-OH is 1. The van der Waals surface area contributed by atoms with Gasteiger partial charge >= 0.3 is 12.1 Å². The number of nitrogens with one attached hydrogen (secondary N) is 4. The number of hydrogen-bond donors (Lipinski definition) is 6. The van der Waals surface area contributed by atoms with Crippen LogP contribution in [-0.2, 0) is 20.9 Å². The molecule has 3 fully saturated rings. The Kier molecular flexibility index (Phi) is 14.2. The Labute approximate surface area is 360 Å². The SMILES string of the molecule is CC(C)(NC(=O)c1ccc(COc2cccc([C@@H](NC(=O)OC3CN4CCC3CC4)c3ccccc3)c2)cc1)C(=O)OCCCCNCC(O)c1ccc(O)c2[nH]c(=O)ccc12. The summed E-state index contributed by atoms with van der Waals surface area (Å²) in [7, 11) is 0. The van der Waals surface area contributed by atoms with Gasteiger partial charge in [0.1, 0.15) is 29.7 Å². The number of ether oxygens (including phenoxy) is 3. The molecule has 3 aliphatic heterocycles. The van der Waals surface area contributed by atoms with Crippen LogP contribution in [0.2, 0.25) is 0 Å². The predicted octanol–water partition coefficient (Wildman–Crippen LogP) is 5.88. The molecule has 4 heterocycles. The van der Waals surface area contributed by atoms with E-state index in [0.717, 1.165) is 49.2 Å². The average Bonchev–Trinajstić information content (AvgIpc) is 3.28. The summed E-state index contributed by atoms with van der Waals surface area (Å²) in [6.45, 7) is 7.29. The highest BCUT2D eigenvalue weighted by atomic mass is 16.6. The van der Waals surface area contributed by atoms with Crippen LogP contribution in [0.1, 0.15) is 84.3 Å². The molecule has 6 N–H and O–H groups in total. The molecule has 2 bridgehead atoms. The van der Waals surface area contributed by atoms with Gasteiger partial charge in [-0.3, -0.25) is 14.5 Å². The highest BCUT2D eigenvalue weighted by Gasteiger charge is 2.37. The Morgan fingerprint density at radius 2 is 1.66 bits per heavy atom. The van der Waals surface area contributed by atoms with Crippen molar-refractivity contribution in [1.82, 2.24) is 25.8 Å². The minimum absolute atomic E-state index is 0.0713. The van der Waals surface area contributed by atoms with E-state index in [1.807, 2.05) is 54.6 Å². The van der Waals surface area contributed by atoms with Crippen LogP contribution < -0.4 is 26.2 Å². The molecule has 0 radical (unpaired) electrons. The van der Waals surface area contributed by atoms with Gasteiger partial charge in [0.05, 0.1) is 24.3 Å². The molecule has 14 heteroatoms. The summed E-state index contributed by atoms with van der Waals surface area (Å²) < 4.78 is 17.6. The first-order valence-electron chi connectivity index (χ1n) is 21.2. The van der Waals surface area contributed by atoms with Gasteiger partial charge < -0.3 is 45.4 Å². The average molecular weight is 846 g/mol. The quantitative estimate of drug-likeness (QED) is 0.0457. The Morgan fingerprint density at radius 3 is 2.40 bits per heavy atom. The van der Waals surface area contributed by atoms with E-state index in [1.54, 1.807) is 50.2 Å². The Hall–Kier alpha value is -6.22. The number of unbranched alkanes of at least 4 members (excludes halogenated alkanes) is 1. The van der Waals surface area contributed by atoms with Gasteiger partial charge in [0.25, 0.3) is 5.91 Å². The number of fused-ring (bicyclic) bond motifs is 4. The van der Waals surface area contributed by atoms with Crippen molar-refractivity contribution in [3.8, 4) is 11.5 Å². The lowest BCUT2D eigenvalue weighted by molar-refractivity contribution is -0.150. The van der Waals surface area contributed by atoms with Crippen LogP contribution in [0.25, 0.3) is 10.9 Å². The number of benzene rings is 4. The van der Waals surface area contributed by atoms with Gasteiger partial charge in [-0.05, 0) is 124 Å². The van der Waals surface area contributed by atoms with E-state index in [2.05, 4.69) is 25.8 Å². The van der Waals surface area contributed by atoms with Crippen LogP contribution >= 0.6 is 0 Å². The van der Waals surface area contributed by atoms with Crippen molar-refractivity contribution >= 4 is 28.9 Å². The van der Waals surface area contributed by atoms with Crippen molar-refractivity contribution in [3.05, 3.63) is 141 Å². The summed E-state index contributed by atoms with van der Waals surface area (Å²) in [5, 5.41) is 30.4. The number of aromatic hydroxyl groups is 1. The minimum Gasteiger partial charge on any atom is -0.506 e. The summed E-state index contributed by atoms with van der Waals surface area (Å²) in [5.74, 6) is -0.0306. The second kappa shape index (κ2) is 20.1. The van der Waals surface area contributed by atoms with E-state index >= 15 is 0 Å². The molecule has 0 aliphatic carbocycles. The molecule has 0 saturated carbocycles. The van der Waals surface area contributed by atoms with Crippen LogP contribution in [0, 0.1) is 5.92 Å². The Balaban J connectivity index is 0.838. The molecule has 3 saturated heterocycles. The van der Waals surface area contributed by atoms with Crippen LogP contribution in [0.3, 0.4) is 0 Å². The maximum absolute atomic E-state index is 13.2. The van der Waals surface area contributed by atoms with E-state index in [4.69, 9.17) is 14.2 Å². The van der Waals surface area contributed by atoms with Gasteiger partial charge in [0.15, 0.2) is 0 Å². The molecule has 14 nitrogen and oxygen atoms in total. The molecule has 3 atom stereocenters. The molecular weight excluding hydrogens is 791 g/mol. The van der Waals surface area contributed by atoms with Gasteiger partial charge in [-0.1, -0.05) is 60.7 Å². The fourth-order valence-electron chi connectivity index (χ4n) is 8.04. The summed E-state index contributed by atoms with van der Waals surface area (Å²) in [6.07, 6.45) is 1.92. The zero-order chi connectivity index (χ0) is 43.6. The number of amides is 2. The number of pyridine rings is 1. The van der Waals surface area contributed by atoms with Gasteiger partial charge in [0, 0.05) is 30.1 Å². The van der Waals surface area contributed by atoms with E-state index in [1.165, 1.54) is 12.1 Å². The third kappa shape index (κ3) is 11.2. The Bertz CT molecular complexity index is 2380. The standard InChI is InChI=1S/C48H55N5O9/c1-48(2,46(58)60-26-7-6-23-49-28-40(55)37-17-19-39(54)44-38(37)18-20-42(56)50-44)52-45(57)34-15-13-31(14-16-34)30-61-36-12-8-11-35(27-36)43(33-9-4-3-5-10-33)51-47(59)62-41-29-53-24-21-32(41)22-25-53/h3-5,8-20,27,32,40-41,43,49,54-55H,6-7,21-26,28-30H2,1-2H3,(H,50,56)(H,51,59)(H,52,57)/t40?,41?,43-/m0/s1. The monoisotopic (exact) mass is 845 g/mol. The molecule has 326 valence electrons. The zero-order valence-electron chi connectivity index (χ0n) is 35.1. The first-order valence-corrected chi connectivity index (χ1v) is 21.2. The number of nitrogens with zero attached hydrogens (tertiary/aromatic N) is 1. The molecule has 1 aromatic heterocycles. The minimum atomic E-state index is -1.28. The number of phenolic OH excluding ortho intramolecular Hbond substituents is 1. The molecular formula is C48H55N5O9. The lowest BCUT2D eigenvalue weighted by atomic mass is 9.86. The number of H-pyrrole nitrogens is 1. The van der Waals surface area contributed by atoms with Crippen LogP contribution in [0.15, 0.2) is 108 Å². The fraction of sp³-hybridized carbons (Fsp3) is 0.375. The van der Waals surface area contributed by atoms with Gasteiger partial charge in [-0.15, -0.1) is 0 Å². The maximum Gasteiger partial charge on any atom is 0.408 e. The van der Waals surface area contributed by atoms with Crippen molar-refractivity contribution in [2.45, 2.75) is 69.9 Å². The van der Waals surface area contributed by atoms with E-state index in [9.17, 15) is 29.4 Å². The third-order valence-electron chi connectivity index (χ3n) is 11.6. The highest BCUT2D eigenvalue weighted by Crippen LogP contribution is 2.31. The number of carbonyl (C=O) groups excluding carboxylic acids is 3. The second-order valence-corrected chi connectivity index (χ2v) is 16.6. The van der Waals surface area contributed by atoms with Gasteiger partial charge in [-0.25, -0.2) is 9.59 Å². The fourth-order valence-corrected chi connectivity index (χ4v) is 8.04. The molecule has 0 spiro atoms. The van der Waals surface area contributed by atoms with Crippen molar-refractivity contribution in [3.63, 3.8) is 0 Å². The number of piperidine rings is 3. The summed E-state index contributed by atoms with van der Waals surface area (Å²) >= 11 is 0. The molecule has 8 rings (SSSR count). The van der Waals surface area contributed by atoms with E-state index < -0.39 is 35.7 Å². The van der Waals surface area contributed by atoms with Crippen LogP contribution in [-0.4, -0.2) is 89.0 Å². The van der Waals surface area contributed by atoms with Crippen molar-refractivity contribution in [2.24, 2.45) is 5.92 Å². The van der Waals surface area contributed by atoms with Gasteiger partial charge in [0.2, 0.25) is 5.56 Å². The van der Waals surface area contributed by atoms with E-state index in [-0.39, 0.29) is 42.7 Å².